The highest BCUT2D eigenvalue weighted by molar-refractivity contribution is 9.10. The Bertz CT molecular complexity index is 432. The van der Waals surface area contributed by atoms with Gasteiger partial charge in [0.15, 0.2) is 0 Å². The Morgan fingerprint density at radius 2 is 1.83 bits per heavy atom. The highest BCUT2D eigenvalue weighted by Crippen LogP contribution is 2.40. The molecule has 0 fully saturated rings. The van der Waals surface area contributed by atoms with Crippen LogP contribution in [0.25, 0.3) is 0 Å². The predicted molar refractivity (Wildman–Crippen MR) is 67.8 cm³/mol. The second-order valence-electron chi connectivity index (χ2n) is 4.59. The van der Waals surface area contributed by atoms with Crippen molar-refractivity contribution in [2.24, 2.45) is 5.73 Å². The maximum absolute atomic E-state index is 12.8. The van der Waals surface area contributed by atoms with E-state index in [1.54, 1.807) is 18.2 Å². The smallest absolute Gasteiger partial charge is 0.404 e. The van der Waals surface area contributed by atoms with Gasteiger partial charge in [-0.05, 0) is 18.2 Å². The minimum atomic E-state index is -4.46. The normalized spacial score (nSPS) is 14.4. The predicted octanol–water partition coefficient (Wildman–Crippen LogP) is 3.62. The standard InChI is InChI=1S/C12H15BrF3NO/c1-11(2,10(17)12(14,15)16)8-6-7(13)4-5-9(8)18-3/h4-6,10H,17H2,1-3H3. The molecule has 1 atom stereocenters. The van der Waals surface area contributed by atoms with Crippen LogP contribution >= 0.6 is 15.9 Å². The van der Waals surface area contributed by atoms with Gasteiger partial charge in [0.05, 0.1) is 7.11 Å². The molecule has 6 heteroatoms. The van der Waals surface area contributed by atoms with E-state index in [9.17, 15) is 13.2 Å². The first-order chi connectivity index (χ1) is 8.10. The highest BCUT2D eigenvalue weighted by Gasteiger charge is 2.48. The lowest BCUT2D eigenvalue weighted by Gasteiger charge is -2.34. The molecule has 0 aliphatic heterocycles. The van der Waals surface area contributed by atoms with E-state index < -0.39 is 17.6 Å². The number of halogens is 4. The number of hydrogen-bond donors (Lipinski definition) is 1. The molecule has 18 heavy (non-hydrogen) atoms. The van der Waals surface area contributed by atoms with E-state index >= 15 is 0 Å². The molecule has 0 aliphatic rings. The zero-order valence-electron chi connectivity index (χ0n) is 10.3. The number of rotatable bonds is 3. The first-order valence-electron chi connectivity index (χ1n) is 5.27. The van der Waals surface area contributed by atoms with Crippen LogP contribution in [0.1, 0.15) is 19.4 Å². The summed E-state index contributed by atoms with van der Waals surface area (Å²) in [6.45, 7) is 2.91. The fourth-order valence-electron chi connectivity index (χ4n) is 1.76. The van der Waals surface area contributed by atoms with Crippen LogP contribution in [0.15, 0.2) is 22.7 Å². The van der Waals surface area contributed by atoms with Crippen molar-refractivity contribution < 1.29 is 17.9 Å². The second kappa shape index (κ2) is 5.09. The van der Waals surface area contributed by atoms with Gasteiger partial charge < -0.3 is 10.5 Å². The summed E-state index contributed by atoms with van der Waals surface area (Å²) in [6.07, 6.45) is -4.46. The summed E-state index contributed by atoms with van der Waals surface area (Å²) in [5, 5.41) is 0. The summed E-state index contributed by atoms with van der Waals surface area (Å²) in [4.78, 5) is 0. The van der Waals surface area contributed by atoms with E-state index in [0.717, 1.165) is 0 Å². The molecule has 0 spiro atoms. The van der Waals surface area contributed by atoms with Gasteiger partial charge in [-0.3, -0.25) is 0 Å². The van der Waals surface area contributed by atoms with Crippen LogP contribution < -0.4 is 10.5 Å². The number of ether oxygens (including phenoxy) is 1. The van der Waals surface area contributed by atoms with E-state index in [1.807, 2.05) is 0 Å². The summed E-state index contributed by atoms with van der Waals surface area (Å²) in [6, 6.07) is 2.96. The van der Waals surface area contributed by atoms with E-state index in [-0.39, 0.29) is 0 Å². The average molecular weight is 326 g/mol. The fraction of sp³-hybridized carbons (Fsp3) is 0.500. The van der Waals surface area contributed by atoms with Gasteiger partial charge >= 0.3 is 6.18 Å². The Kier molecular flexibility index (Phi) is 4.33. The molecule has 1 unspecified atom stereocenters. The molecule has 1 aromatic rings. The maximum atomic E-state index is 12.8. The fourth-order valence-corrected chi connectivity index (χ4v) is 2.12. The van der Waals surface area contributed by atoms with Crippen molar-refractivity contribution in [3.63, 3.8) is 0 Å². The van der Waals surface area contributed by atoms with Crippen LogP contribution in [0.5, 0.6) is 5.75 Å². The number of benzene rings is 1. The molecular formula is C12H15BrF3NO. The number of methoxy groups -OCH3 is 1. The molecule has 0 saturated carbocycles. The zero-order chi connectivity index (χ0) is 14.1. The van der Waals surface area contributed by atoms with Crippen LogP contribution in [-0.2, 0) is 5.41 Å². The van der Waals surface area contributed by atoms with E-state index in [4.69, 9.17) is 10.5 Å². The van der Waals surface area contributed by atoms with Gasteiger partial charge in [0.2, 0.25) is 0 Å². The van der Waals surface area contributed by atoms with Crippen LogP contribution in [0.4, 0.5) is 13.2 Å². The minimum absolute atomic E-state index is 0.392. The molecule has 1 rings (SSSR count). The van der Waals surface area contributed by atoms with Crippen molar-refractivity contribution in [1.29, 1.82) is 0 Å². The quantitative estimate of drug-likeness (QED) is 0.921. The zero-order valence-corrected chi connectivity index (χ0v) is 11.9. The third-order valence-corrected chi connectivity index (χ3v) is 3.48. The Hall–Kier alpha value is -0.750. The Labute approximate surface area is 112 Å². The van der Waals surface area contributed by atoms with Gasteiger partial charge in [-0.1, -0.05) is 29.8 Å². The van der Waals surface area contributed by atoms with E-state index in [2.05, 4.69) is 15.9 Å². The molecule has 0 aliphatic carbocycles. The largest absolute Gasteiger partial charge is 0.496 e. The number of hydrogen-bond acceptors (Lipinski definition) is 2. The SMILES string of the molecule is COc1ccc(Br)cc1C(C)(C)C(N)C(F)(F)F. The number of nitrogens with two attached hydrogens (primary N) is 1. The molecule has 0 radical (unpaired) electrons. The van der Waals surface area contributed by atoms with Crippen molar-refractivity contribution in [2.75, 3.05) is 7.11 Å². The molecule has 1 aromatic carbocycles. The van der Waals surface area contributed by atoms with Crippen LogP contribution in [-0.4, -0.2) is 19.3 Å². The van der Waals surface area contributed by atoms with Crippen molar-refractivity contribution >= 4 is 15.9 Å². The summed E-state index contributed by atoms with van der Waals surface area (Å²) < 4.78 is 44.2. The van der Waals surface area contributed by atoms with Crippen molar-refractivity contribution in [1.82, 2.24) is 0 Å². The van der Waals surface area contributed by atoms with E-state index in [0.29, 0.717) is 15.8 Å². The van der Waals surface area contributed by atoms with Gasteiger partial charge in [0.1, 0.15) is 11.8 Å². The Morgan fingerprint density at radius 1 is 1.28 bits per heavy atom. The molecule has 102 valence electrons. The molecule has 0 bridgehead atoms. The summed E-state index contributed by atoms with van der Waals surface area (Å²) in [5.74, 6) is 0.392. The maximum Gasteiger partial charge on any atom is 0.404 e. The minimum Gasteiger partial charge on any atom is -0.496 e. The molecule has 0 heterocycles. The monoisotopic (exact) mass is 325 g/mol. The molecule has 0 saturated heterocycles. The second-order valence-corrected chi connectivity index (χ2v) is 5.50. The van der Waals surface area contributed by atoms with Gasteiger partial charge in [-0.25, -0.2) is 0 Å². The lowest BCUT2D eigenvalue weighted by atomic mass is 9.77. The lowest BCUT2D eigenvalue weighted by molar-refractivity contribution is -0.160. The summed E-state index contributed by atoms with van der Waals surface area (Å²) in [5.41, 5.74) is 4.47. The van der Waals surface area contributed by atoms with Crippen LogP contribution in [0.3, 0.4) is 0 Å². The molecule has 2 nitrogen and oxygen atoms in total. The van der Waals surface area contributed by atoms with Crippen molar-refractivity contribution in [3.05, 3.63) is 28.2 Å². The Morgan fingerprint density at radius 3 is 2.28 bits per heavy atom. The summed E-state index contributed by atoms with van der Waals surface area (Å²) >= 11 is 3.24. The molecule has 0 aromatic heterocycles. The first kappa shape index (κ1) is 15.3. The molecular weight excluding hydrogens is 311 g/mol. The summed E-state index contributed by atoms with van der Waals surface area (Å²) in [7, 11) is 1.42. The Balaban J connectivity index is 3.31. The average Bonchev–Trinajstić information content (AvgIpc) is 2.26. The van der Waals surface area contributed by atoms with Gasteiger partial charge in [0, 0.05) is 15.5 Å². The molecule has 0 amide bonds. The van der Waals surface area contributed by atoms with Gasteiger partial charge in [-0.15, -0.1) is 0 Å². The topological polar surface area (TPSA) is 35.2 Å². The van der Waals surface area contributed by atoms with Crippen LogP contribution in [0.2, 0.25) is 0 Å². The third-order valence-electron chi connectivity index (χ3n) is 2.99. The first-order valence-corrected chi connectivity index (χ1v) is 6.06. The van der Waals surface area contributed by atoms with Gasteiger partial charge in [-0.2, -0.15) is 13.2 Å². The lowest BCUT2D eigenvalue weighted by Crippen LogP contribution is -2.51. The third kappa shape index (κ3) is 2.98. The van der Waals surface area contributed by atoms with Crippen molar-refractivity contribution in [2.45, 2.75) is 31.5 Å². The van der Waals surface area contributed by atoms with E-state index in [1.165, 1.54) is 21.0 Å². The highest BCUT2D eigenvalue weighted by atomic mass is 79.9. The molecule has 2 N–H and O–H groups in total. The van der Waals surface area contributed by atoms with Gasteiger partial charge in [0.25, 0.3) is 0 Å². The van der Waals surface area contributed by atoms with Crippen LogP contribution in [0, 0.1) is 0 Å². The number of alkyl halides is 3. The van der Waals surface area contributed by atoms with Crippen molar-refractivity contribution in [3.8, 4) is 5.75 Å².